The van der Waals surface area contributed by atoms with Gasteiger partial charge in [-0.3, -0.25) is 4.98 Å². The van der Waals surface area contributed by atoms with Crippen LogP contribution in [0.25, 0.3) is 0 Å². The molecule has 0 saturated carbocycles. The molecule has 4 heterocycles. The van der Waals surface area contributed by atoms with Gasteiger partial charge in [0.2, 0.25) is 5.95 Å². The summed E-state index contributed by atoms with van der Waals surface area (Å²) in [4.78, 5) is 21.9. The molecule has 0 radical (unpaired) electrons. The average molecular weight is 417 g/mol. The fraction of sp³-hybridized carbons (Fsp3) is 0.600. The normalized spacial score (nSPS) is 20.2. The predicted octanol–water partition coefficient (Wildman–Crippen LogP) is 1.58. The molecule has 0 amide bonds. The van der Waals surface area contributed by atoms with Crippen LogP contribution in [0.15, 0.2) is 18.6 Å². The molecule has 2 aliphatic rings. The molecule has 0 bridgehead atoms. The van der Waals surface area contributed by atoms with Crippen LogP contribution in [0.3, 0.4) is 0 Å². The molecule has 2 aliphatic heterocycles. The molecule has 9 nitrogen and oxygen atoms in total. The van der Waals surface area contributed by atoms with Crippen LogP contribution >= 0.6 is 0 Å². The minimum atomic E-state index is -0.429. The Morgan fingerprint density at radius 1 is 1.13 bits per heavy atom. The van der Waals surface area contributed by atoms with E-state index in [1.807, 2.05) is 11.9 Å². The highest BCUT2D eigenvalue weighted by Gasteiger charge is 2.24. The fourth-order valence-corrected chi connectivity index (χ4v) is 4.05. The second kappa shape index (κ2) is 9.94. The van der Waals surface area contributed by atoms with Crippen LogP contribution in [0, 0.1) is 5.82 Å². The highest BCUT2D eigenvalue weighted by Crippen LogP contribution is 2.28. The zero-order chi connectivity index (χ0) is 20.8. The van der Waals surface area contributed by atoms with Crippen LogP contribution in [-0.4, -0.2) is 84.4 Å². The number of anilines is 3. The summed E-state index contributed by atoms with van der Waals surface area (Å²) in [5.41, 5.74) is 1.02. The first-order valence-corrected chi connectivity index (χ1v) is 10.5. The number of rotatable bonds is 7. The number of aromatic nitrogens is 4. The highest BCUT2D eigenvalue weighted by molar-refractivity contribution is 5.43. The van der Waals surface area contributed by atoms with Gasteiger partial charge in [0, 0.05) is 58.1 Å². The van der Waals surface area contributed by atoms with Gasteiger partial charge >= 0.3 is 0 Å². The Balaban J connectivity index is 1.33. The van der Waals surface area contributed by atoms with Crippen molar-refractivity contribution in [3.05, 3.63) is 30.1 Å². The topological polar surface area (TPSA) is 91.3 Å². The second-order valence-electron chi connectivity index (χ2n) is 7.57. The van der Waals surface area contributed by atoms with Gasteiger partial charge in [-0.25, -0.2) is 14.4 Å². The minimum Gasteiger partial charge on any atom is -0.378 e. The van der Waals surface area contributed by atoms with Crippen molar-refractivity contribution in [2.75, 3.05) is 75.1 Å². The number of nitrogens with one attached hydrogen (secondary N) is 2. The summed E-state index contributed by atoms with van der Waals surface area (Å²) in [5.74, 6) is 1.57. The van der Waals surface area contributed by atoms with Crippen molar-refractivity contribution in [1.29, 1.82) is 0 Å². The minimum absolute atomic E-state index is 0.256. The summed E-state index contributed by atoms with van der Waals surface area (Å²) >= 11 is 0. The van der Waals surface area contributed by atoms with Gasteiger partial charge in [0.1, 0.15) is 5.82 Å². The van der Waals surface area contributed by atoms with Crippen LogP contribution < -0.4 is 15.5 Å². The maximum Gasteiger partial charge on any atom is 0.227 e. The Morgan fingerprint density at radius 2 is 1.97 bits per heavy atom. The van der Waals surface area contributed by atoms with Crippen molar-refractivity contribution in [3.8, 4) is 0 Å². The van der Waals surface area contributed by atoms with Crippen molar-refractivity contribution in [2.45, 2.75) is 18.8 Å². The Bertz CT molecular complexity index is 832. The van der Waals surface area contributed by atoms with E-state index in [4.69, 9.17) is 4.74 Å². The molecule has 2 saturated heterocycles. The number of hydrogen-bond acceptors (Lipinski definition) is 9. The lowest BCUT2D eigenvalue weighted by Gasteiger charge is -2.33. The number of likely N-dealkylation sites (tertiary alicyclic amines) is 1. The smallest absolute Gasteiger partial charge is 0.227 e. The van der Waals surface area contributed by atoms with E-state index in [-0.39, 0.29) is 5.82 Å². The first-order valence-electron chi connectivity index (χ1n) is 10.5. The van der Waals surface area contributed by atoms with Crippen molar-refractivity contribution < 1.29 is 9.13 Å². The molecule has 162 valence electrons. The summed E-state index contributed by atoms with van der Waals surface area (Å²) in [5, 5.41) is 6.29. The molecule has 2 fully saturated rings. The van der Waals surface area contributed by atoms with E-state index >= 15 is 0 Å². The molecule has 0 aromatic carbocycles. The molecule has 2 aromatic rings. The summed E-state index contributed by atoms with van der Waals surface area (Å²) in [7, 11) is 1.87. The SMILES string of the molecule is CNc1nccnc1C1CCCN(CCNc2nc(N3CCOCC3)ncc2F)C1. The van der Waals surface area contributed by atoms with Gasteiger partial charge in [-0.05, 0) is 19.4 Å². The van der Waals surface area contributed by atoms with Gasteiger partial charge in [0.05, 0.1) is 25.1 Å². The number of ether oxygens (including phenoxy) is 1. The lowest BCUT2D eigenvalue weighted by atomic mass is 9.94. The Morgan fingerprint density at radius 3 is 2.80 bits per heavy atom. The third-order valence-electron chi connectivity index (χ3n) is 5.60. The molecule has 30 heavy (non-hydrogen) atoms. The van der Waals surface area contributed by atoms with Gasteiger partial charge in [-0.2, -0.15) is 4.98 Å². The van der Waals surface area contributed by atoms with Gasteiger partial charge < -0.3 is 25.2 Å². The molecule has 4 rings (SSSR count). The summed E-state index contributed by atoms with van der Waals surface area (Å²) in [6, 6.07) is 0. The lowest BCUT2D eigenvalue weighted by Crippen LogP contribution is -2.38. The van der Waals surface area contributed by atoms with Crippen molar-refractivity contribution in [1.82, 2.24) is 24.8 Å². The van der Waals surface area contributed by atoms with E-state index in [9.17, 15) is 4.39 Å². The number of morpholine rings is 1. The lowest BCUT2D eigenvalue weighted by molar-refractivity contribution is 0.122. The zero-order valence-corrected chi connectivity index (χ0v) is 17.3. The largest absolute Gasteiger partial charge is 0.378 e. The molecule has 2 N–H and O–H groups in total. The van der Waals surface area contributed by atoms with Crippen LogP contribution in [0.4, 0.5) is 22.0 Å². The highest BCUT2D eigenvalue weighted by atomic mass is 19.1. The summed E-state index contributed by atoms with van der Waals surface area (Å²) in [6.45, 7) is 6.08. The zero-order valence-electron chi connectivity index (χ0n) is 17.3. The van der Waals surface area contributed by atoms with Crippen molar-refractivity contribution in [2.24, 2.45) is 0 Å². The van der Waals surface area contributed by atoms with Gasteiger partial charge in [-0.15, -0.1) is 0 Å². The van der Waals surface area contributed by atoms with E-state index in [1.165, 1.54) is 6.20 Å². The van der Waals surface area contributed by atoms with Gasteiger partial charge in [0.25, 0.3) is 0 Å². The average Bonchev–Trinajstić information content (AvgIpc) is 2.81. The van der Waals surface area contributed by atoms with E-state index < -0.39 is 5.82 Å². The Labute approximate surface area is 176 Å². The summed E-state index contributed by atoms with van der Waals surface area (Å²) in [6.07, 6.45) is 6.90. The van der Waals surface area contributed by atoms with Gasteiger partial charge in [0.15, 0.2) is 11.6 Å². The number of nitrogens with zero attached hydrogens (tertiary/aromatic N) is 6. The third kappa shape index (κ3) is 4.93. The van der Waals surface area contributed by atoms with Crippen LogP contribution in [0.5, 0.6) is 0 Å². The molecule has 2 aromatic heterocycles. The molecular weight excluding hydrogens is 387 g/mol. The van der Waals surface area contributed by atoms with E-state index in [1.54, 1.807) is 12.4 Å². The van der Waals surface area contributed by atoms with E-state index in [0.29, 0.717) is 31.6 Å². The molecule has 10 heteroatoms. The van der Waals surface area contributed by atoms with Crippen molar-refractivity contribution >= 4 is 17.6 Å². The first kappa shape index (κ1) is 20.7. The standard InChI is InChI=1S/C20H29FN8O/c1-22-19-17(23-4-5-24-19)15-3-2-7-28(14-15)8-6-25-18-16(21)13-26-20(27-18)29-9-11-30-12-10-29/h4-5,13,15H,2-3,6-12,14H2,1H3,(H,22,24)(H,25,26,27). The second-order valence-corrected chi connectivity index (χ2v) is 7.57. The molecule has 0 spiro atoms. The predicted molar refractivity (Wildman–Crippen MR) is 114 cm³/mol. The van der Waals surface area contributed by atoms with E-state index in [2.05, 4.69) is 35.5 Å². The van der Waals surface area contributed by atoms with Crippen LogP contribution in [0.1, 0.15) is 24.5 Å². The van der Waals surface area contributed by atoms with Crippen LogP contribution in [-0.2, 0) is 4.74 Å². The monoisotopic (exact) mass is 416 g/mol. The Kier molecular flexibility index (Phi) is 6.85. The third-order valence-corrected chi connectivity index (χ3v) is 5.60. The number of halogens is 1. The number of piperidine rings is 1. The van der Waals surface area contributed by atoms with Crippen molar-refractivity contribution in [3.63, 3.8) is 0 Å². The van der Waals surface area contributed by atoms with E-state index in [0.717, 1.165) is 57.1 Å². The van der Waals surface area contributed by atoms with Gasteiger partial charge in [-0.1, -0.05) is 0 Å². The molecule has 1 atom stereocenters. The summed E-state index contributed by atoms with van der Waals surface area (Å²) < 4.78 is 19.6. The maximum atomic E-state index is 14.2. The molecular formula is C20H29FN8O. The number of hydrogen-bond donors (Lipinski definition) is 2. The Hall–Kier alpha value is -2.59. The van der Waals surface area contributed by atoms with Crippen LogP contribution in [0.2, 0.25) is 0 Å². The maximum absolute atomic E-state index is 14.2. The quantitative estimate of drug-likeness (QED) is 0.698. The first-order chi connectivity index (χ1) is 14.7. The molecule has 1 unspecified atom stereocenters. The fourth-order valence-electron chi connectivity index (χ4n) is 4.05. The molecule has 0 aliphatic carbocycles.